The van der Waals surface area contributed by atoms with Crippen LogP contribution >= 0.6 is 0 Å². The highest BCUT2D eigenvalue weighted by atomic mass is 16.5. The Hall–Kier alpha value is -3.06. The molecule has 0 bridgehead atoms. The molecule has 4 heterocycles. The number of benzene rings is 1. The molecule has 1 fully saturated rings. The van der Waals surface area contributed by atoms with Gasteiger partial charge in [-0.2, -0.15) is 4.98 Å². The summed E-state index contributed by atoms with van der Waals surface area (Å²) in [6.07, 6.45) is 2.71. The number of aromatic amines is 1. The Morgan fingerprint density at radius 3 is 3.04 bits per heavy atom. The van der Waals surface area contributed by atoms with Crippen molar-refractivity contribution in [3.8, 4) is 5.88 Å². The Kier molecular flexibility index (Phi) is 3.75. The lowest BCUT2D eigenvalue weighted by Crippen LogP contribution is -2.40. The van der Waals surface area contributed by atoms with Crippen LogP contribution in [0.2, 0.25) is 0 Å². The molecule has 138 valence electrons. The summed E-state index contributed by atoms with van der Waals surface area (Å²) in [5, 5.41) is 0.986. The molecule has 7 nitrogen and oxygen atoms in total. The maximum atomic E-state index is 12.0. The molecular formula is C20H20N4O3. The quantitative estimate of drug-likeness (QED) is 0.729. The molecule has 1 saturated heterocycles. The van der Waals surface area contributed by atoms with Crippen LogP contribution in [0.1, 0.15) is 16.8 Å². The number of ether oxygens (including phenoxy) is 2. The van der Waals surface area contributed by atoms with Crippen molar-refractivity contribution in [1.29, 1.82) is 0 Å². The normalized spacial score (nSPS) is 21.9. The summed E-state index contributed by atoms with van der Waals surface area (Å²) >= 11 is 0. The summed E-state index contributed by atoms with van der Waals surface area (Å²) in [5.74, 6) is 0.287. The second-order valence-electron chi connectivity index (χ2n) is 7.00. The fourth-order valence-electron chi connectivity index (χ4n) is 3.96. The van der Waals surface area contributed by atoms with E-state index in [1.807, 2.05) is 36.5 Å². The summed E-state index contributed by atoms with van der Waals surface area (Å²) in [6.45, 7) is 1.96. The third-order valence-corrected chi connectivity index (χ3v) is 5.32. The van der Waals surface area contributed by atoms with Gasteiger partial charge in [0, 0.05) is 30.5 Å². The fourth-order valence-corrected chi connectivity index (χ4v) is 3.96. The van der Waals surface area contributed by atoms with Crippen LogP contribution in [0.4, 0.5) is 11.4 Å². The first-order chi connectivity index (χ1) is 13.2. The minimum atomic E-state index is -0.454. The molecule has 5 rings (SSSR count). The van der Waals surface area contributed by atoms with Crippen LogP contribution in [0.15, 0.2) is 42.6 Å². The molecule has 0 unspecified atom stereocenters. The number of H-pyrrole nitrogens is 1. The fraction of sp³-hybridized carbons (Fsp3) is 0.300. The summed E-state index contributed by atoms with van der Waals surface area (Å²) in [6, 6.07) is 11.4. The third kappa shape index (κ3) is 2.71. The predicted octanol–water partition coefficient (Wildman–Crippen LogP) is 2.60. The van der Waals surface area contributed by atoms with Gasteiger partial charge in [0.05, 0.1) is 24.5 Å². The van der Waals surface area contributed by atoms with E-state index >= 15 is 0 Å². The van der Waals surface area contributed by atoms with Crippen molar-refractivity contribution in [2.24, 2.45) is 11.7 Å². The summed E-state index contributed by atoms with van der Waals surface area (Å²) in [7, 11) is 0. The molecule has 2 atom stereocenters. The second-order valence-corrected chi connectivity index (χ2v) is 7.00. The first kappa shape index (κ1) is 16.1. The molecule has 2 aromatic heterocycles. The van der Waals surface area contributed by atoms with Crippen LogP contribution in [-0.4, -0.2) is 41.7 Å². The minimum Gasteiger partial charge on any atom is -0.472 e. The third-order valence-electron chi connectivity index (χ3n) is 5.32. The zero-order chi connectivity index (χ0) is 18.4. The smallest absolute Gasteiger partial charge is 0.250 e. The van der Waals surface area contributed by atoms with Gasteiger partial charge in [-0.25, -0.2) is 0 Å². The number of rotatable bonds is 2. The van der Waals surface area contributed by atoms with E-state index in [9.17, 15) is 4.79 Å². The molecule has 27 heavy (non-hydrogen) atoms. The van der Waals surface area contributed by atoms with E-state index in [-0.39, 0.29) is 12.0 Å². The lowest BCUT2D eigenvalue weighted by molar-refractivity contribution is -0.0181. The number of para-hydroxylation sites is 1. The van der Waals surface area contributed by atoms with Crippen LogP contribution in [0, 0.1) is 5.92 Å². The Bertz CT molecular complexity index is 1020. The van der Waals surface area contributed by atoms with Gasteiger partial charge < -0.3 is 25.1 Å². The minimum absolute atomic E-state index is 0.0307. The van der Waals surface area contributed by atoms with Gasteiger partial charge in [0.25, 0.3) is 5.91 Å². The van der Waals surface area contributed by atoms with Gasteiger partial charge in [0.2, 0.25) is 5.88 Å². The van der Waals surface area contributed by atoms with Gasteiger partial charge in [-0.3, -0.25) is 4.79 Å². The molecule has 3 N–H and O–H groups in total. The Morgan fingerprint density at radius 1 is 1.26 bits per heavy atom. The molecule has 0 saturated carbocycles. The number of aromatic nitrogens is 2. The standard InChI is InChI=1S/C20H20N4O3/c21-18(25)14-3-1-2-4-15(14)24-10-13-11-26-8-6-17(13)27-20-16(24)9-12-5-7-22-19(12)23-20/h1-5,7,9,13,17H,6,8,10-11H2,(H2,21,25)(H,22,23)/t13-,17+/m1/s1. The number of nitrogens with two attached hydrogens (primary N) is 1. The average molecular weight is 364 g/mol. The van der Waals surface area contributed by atoms with Crippen molar-refractivity contribution >= 4 is 28.3 Å². The van der Waals surface area contributed by atoms with Crippen LogP contribution < -0.4 is 15.4 Å². The highest BCUT2D eigenvalue weighted by molar-refractivity contribution is 6.00. The lowest BCUT2D eigenvalue weighted by Gasteiger charge is -2.32. The number of nitrogens with one attached hydrogen (secondary N) is 1. The maximum absolute atomic E-state index is 12.0. The number of primary amides is 1. The van der Waals surface area contributed by atoms with Crippen molar-refractivity contribution in [2.45, 2.75) is 12.5 Å². The number of anilines is 2. The van der Waals surface area contributed by atoms with Gasteiger partial charge in [0.1, 0.15) is 17.4 Å². The number of pyridine rings is 1. The highest BCUT2D eigenvalue weighted by Crippen LogP contribution is 2.41. The monoisotopic (exact) mass is 364 g/mol. The Morgan fingerprint density at radius 2 is 2.15 bits per heavy atom. The topological polar surface area (TPSA) is 93.5 Å². The largest absolute Gasteiger partial charge is 0.472 e. The van der Waals surface area contributed by atoms with E-state index in [0.717, 1.165) is 28.8 Å². The zero-order valence-corrected chi connectivity index (χ0v) is 14.7. The van der Waals surface area contributed by atoms with Crippen LogP contribution in [-0.2, 0) is 4.74 Å². The van der Waals surface area contributed by atoms with Gasteiger partial charge in [-0.15, -0.1) is 0 Å². The van der Waals surface area contributed by atoms with Crippen molar-refractivity contribution in [3.63, 3.8) is 0 Å². The van der Waals surface area contributed by atoms with Crippen molar-refractivity contribution in [3.05, 3.63) is 48.2 Å². The SMILES string of the molecule is NC(=O)c1ccccc1N1C[C@@H]2COCC[C@@H]2Oc2nc3[nH]ccc3cc21. The number of amides is 1. The molecule has 7 heteroatoms. The maximum Gasteiger partial charge on any atom is 0.250 e. The number of carbonyl (C=O) groups excluding carboxylic acids is 1. The molecule has 3 aromatic rings. The van der Waals surface area contributed by atoms with E-state index in [4.69, 9.17) is 20.2 Å². The predicted molar refractivity (Wildman–Crippen MR) is 101 cm³/mol. The summed E-state index contributed by atoms with van der Waals surface area (Å²) in [5.41, 5.74) is 8.50. The number of fused-ring (bicyclic) bond motifs is 3. The van der Waals surface area contributed by atoms with Gasteiger partial charge in [-0.05, 0) is 24.3 Å². The molecular weight excluding hydrogens is 344 g/mol. The van der Waals surface area contributed by atoms with Crippen LogP contribution in [0.5, 0.6) is 5.88 Å². The van der Waals surface area contributed by atoms with Crippen LogP contribution in [0.25, 0.3) is 11.0 Å². The molecule has 0 spiro atoms. The molecule has 1 amide bonds. The van der Waals surface area contributed by atoms with E-state index in [1.165, 1.54) is 0 Å². The molecule has 2 aliphatic rings. The van der Waals surface area contributed by atoms with Gasteiger partial charge >= 0.3 is 0 Å². The van der Waals surface area contributed by atoms with Crippen LogP contribution in [0.3, 0.4) is 0 Å². The molecule has 1 aromatic carbocycles. The van der Waals surface area contributed by atoms with Crippen molar-refractivity contribution in [1.82, 2.24) is 9.97 Å². The summed E-state index contributed by atoms with van der Waals surface area (Å²) in [4.78, 5) is 22.0. The lowest BCUT2D eigenvalue weighted by atomic mass is 9.97. The second kappa shape index (κ2) is 6.28. The summed E-state index contributed by atoms with van der Waals surface area (Å²) < 4.78 is 12.0. The van der Waals surface area contributed by atoms with Crippen molar-refractivity contribution in [2.75, 3.05) is 24.7 Å². The molecule has 2 aliphatic heterocycles. The number of carbonyl (C=O) groups is 1. The first-order valence-corrected chi connectivity index (χ1v) is 9.09. The Labute approximate surface area is 156 Å². The van der Waals surface area contributed by atoms with E-state index in [0.29, 0.717) is 31.2 Å². The average Bonchev–Trinajstić information content (AvgIpc) is 3.07. The number of hydrogen-bond donors (Lipinski definition) is 2. The van der Waals surface area contributed by atoms with Crippen molar-refractivity contribution < 1.29 is 14.3 Å². The van der Waals surface area contributed by atoms with E-state index in [2.05, 4.69) is 9.88 Å². The van der Waals surface area contributed by atoms with Gasteiger partial charge in [0.15, 0.2) is 0 Å². The number of nitrogens with zero attached hydrogens (tertiary/aromatic N) is 2. The zero-order valence-electron chi connectivity index (χ0n) is 14.7. The van der Waals surface area contributed by atoms with E-state index < -0.39 is 5.91 Å². The molecule has 0 aliphatic carbocycles. The van der Waals surface area contributed by atoms with E-state index in [1.54, 1.807) is 6.07 Å². The molecule has 0 radical (unpaired) electrons. The Balaban J connectivity index is 1.71. The van der Waals surface area contributed by atoms with Gasteiger partial charge in [-0.1, -0.05) is 12.1 Å². The number of hydrogen-bond acceptors (Lipinski definition) is 5. The first-order valence-electron chi connectivity index (χ1n) is 9.09. The highest BCUT2D eigenvalue weighted by Gasteiger charge is 2.36.